The van der Waals surface area contributed by atoms with Crippen LogP contribution in [0.3, 0.4) is 0 Å². The summed E-state index contributed by atoms with van der Waals surface area (Å²) in [7, 11) is -3.55. The van der Waals surface area contributed by atoms with Crippen molar-refractivity contribution >= 4 is 27.3 Å². The third kappa shape index (κ3) is 2.85. The van der Waals surface area contributed by atoms with E-state index < -0.39 is 16.0 Å². The largest absolute Gasteiger partial charge is 0.477 e. The lowest BCUT2D eigenvalue weighted by Crippen LogP contribution is -2.25. The second kappa shape index (κ2) is 4.40. The Kier molecular flexibility index (Phi) is 3.24. The van der Waals surface area contributed by atoms with Crippen LogP contribution < -0.4 is 4.72 Å². The predicted octanol–water partition coefficient (Wildman–Crippen LogP) is 1.38. The summed E-state index contributed by atoms with van der Waals surface area (Å²) < 4.78 is 26.1. The Labute approximate surface area is 104 Å². The van der Waals surface area contributed by atoms with Gasteiger partial charge in [-0.3, -0.25) is 0 Å². The summed E-state index contributed by atoms with van der Waals surface area (Å²) in [6.45, 7) is 2.51. The number of carboxylic acid groups (broad SMARTS) is 1. The quantitative estimate of drug-likeness (QED) is 0.850. The lowest BCUT2D eigenvalue weighted by molar-refractivity contribution is 0.0702. The maximum atomic E-state index is 11.8. The molecule has 0 aromatic carbocycles. The topological polar surface area (TPSA) is 83.5 Å². The molecular weight excluding hydrogens is 262 g/mol. The first-order chi connectivity index (χ1) is 7.90. The molecule has 7 heteroatoms. The number of sulfonamides is 1. The minimum atomic E-state index is -3.55. The molecule has 1 fully saturated rings. The van der Waals surface area contributed by atoms with Gasteiger partial charge in [-0.1, -0.05) is 6.92 Å². The summed E-state index contributed by atoms with van der Waals surface area (Å²) in [5, 5.41) is 10.1. The molecule has 0 aliphatic heterocycles. The summed E-state index contributed by atoms with van der Waals surface area (Å²) in [6, 6.07) is 1.19. The Hall–Kier alpha value is -0.920. The van der Waals surface area contributed by atoms with Crippen LogP contribution in [0, 0.1) is 11.8 Å². The molecule has 1 saturated carbocycles. The zero-order chi connectivity index (χ0) is 12.6. The van der Waals surface area contributed by atoms with Crippen LogP contribution in [0.15, 0.2) is 16.3 Å². The third-order valence-corrected chi connectivity index (χ3v) is 5.38. The van der Waals surface area contributed by atoms with Crippen molar-refractivity contribution in [3.05, 3.63) is 16.3 Å². The monoisotopic (exact) mass is 275 g/mol. The van der Waals surface area contributed by atoms with Crippen LogP contribution in [0.2, 0.25) is 0 Å². The molecule has 0 spiro atoms. The maximum Gasteiger partial charge on any atom is 0.345 e. The van der Waals surface area contributed by atoms with Crippen LogP contribution in [0.5, 0.6) is 0 Å². The number of carbonyl (C=O) groups is 1. The molecule has 0 bridgehead atoms. The Morgan fingerprint density at radius 2 is 2.29 bits per heavy atom. The van der Waals surface area contributed by atoms with E-state index in [0.29, 0.717) is 18.4 Å². The highest BCUT2D eigenvalue weighted by molar-refractivity contribution is 7.89. The smallest absolute Gasteiger partial charge is 0.345 e. The maximum absolute atomic E-state index is 11.8. The highest BCUT2D eigenvalue weighted by Gasteiger charge is 2.33. The van der Waals surface area contributed by atoms with Crippen molar-refractivity contribution in [3.63, 3.8) is 0 Å². The van der Waals surface area contributed by atoms with Crippen molar-refractivity contribution < 1.29 is 18.3 Å². The molecule has 2 unspecified atom stereocenters. The zero-order valence-corrected chi connectivity index (χ0v) is 10.8. The van der Waals surface area contributed by atoms with Gasteiger partial charge < -0.3 is 5.11 Å². The van der Waals surface area contributed by atoms with Gasteiger partial charge in [0.05, 0.1) is 4.90 Å². The van der Waals surface area contributed by atoms with Gasteiger partial charge in [0.1, 0.15) is 4.88 Å². The van der Waals surface area contributed by atoms with E-state index in [-0.39, 0.29) is 9.77 Å². The van der Waals surface area contributed by atoms with Crippen molar-refractivity contribution in [3.8, 4) is 0 Å². The third-order valence-electron chi connectivity index (χ3n) is 2.91. The van der Waals surface area contributed by atoms with Gasteiger partial charge in [0.15, 0.2) is 0 Å². The minimum absolute atomic E-state index is 0.0326. The molecule has 17 heavy (non-hydrogen) atoms. The molecule has 0 saturated heterocycles. The van der Waals surface area contributed by atoms with Crippen LogP contribution in [-0.2, 0) is 10.0 Å². The van der Waals surface area contributed by atoms with Crippen molar-refractivity contribution in [2.45, 2.75) is 18.2 Å². The standard InChI is InChI=1S/C10H13NO4S2/c1-6-2-7(6)4-11-17(14,15)8-3-9(10(12)13)16-5-8/h3,5-7,11H,2,4H2,1H3,(H,12,13). The first-order valence-corrected chi connectivity index (χ1v) is 7.58. The second-order valence-electron chi connectivity index (χ2n) is 4.28. The Bertz CT molecular complexity index is 534. The van der Waals surface area contributed by atoms with Gasteiger partial charge in [-0.25, -0.2) is 17.9 Å². The van der Waals surface area contributed by atoms with Crippen LogP contribution in [-0.4, -0.2) is 26.0 Å². The Morgan fingerprint density at radius 1 is 1.65 bits per heavy atom. The van der Waals surface area contributed by atoms with E-state index in [9.17, 15) is 13.2 Å². The molecule has 2 atom stereocenters. The second-order valence-corrected chi connectivity index (χ2v) is 6.95. The van der Waals surface area contributed by atoms with Crippen molar-refractivity contribution in [2.75, 3.05) is 6.54 Å². The van der Waals surface area contributed by atoms with Gasteiger partial charge >= 0.3 is 5.97 Å². The van der Waals surface area contributed by atoms with Crippen molar-refractivity contribution in [2.24, 2.45) is 11.8 Å². The summed E-state index contributed by atoms with van der Waals surface area (Å²) in [5.41, 5.74) is 0. The molecule has 1 aliphatic carbocycles. The molecule has 94 valence electrons. The zero-order valence-electron chi connectivity index (χ0n) is 9.21. The van der Waals surface area contributed by atoms with E-state index in [1.54, 1.807) is 0 Å². The molecule has 1 heterocycles. The molecule has 2 rings (SSSR count). The van der Waals surface area contributed by atoms with Crippen molar-refractivity contribution in [1.82, 2.24) is 4.72 Å². The number of hydrogen-bond acceptors (Lipinski definition) is 4. The number of thiophene rings is 1. The fraction of sp³-hybridized carbons (Fsp3) is 0.500. The summed E-state index contributed by atoms with van der Waals surface area (Å²) in [6.07, 6.45) is 1.05. The highest BCUT2D eigenvalue weighted by atomic mass is 32.2. The van der Waals surface area contributed by atoms with E-state index in [2.05, 4.69) is 11.6 Å². The van der Waals surface area contributed by atoms with E-state index >= 15 is 0 Å². The van der Waals surface area contributed by atoms with Crippen molar-refractivity contribution in [1.29, 1.82) is 0 Å². The predicted molar refractivity (Wildman–Crippen MR) is 63.7 cm³/mol. The van der Waals surface area contributed by atoms with Crippen LogP contribution in [0.1, 0.15) is 23.0 Å². The average Bonchev–Trinajstić information content (AvgIpc) is 2.78. The number of carboxylic acids is 1. The highest BCUT2D eigenvalue weighted by Crippen LogP contribution is 2.37. The number of rotatable bonds is 5. The minimum Gasteiger partial charge on any atom is -0.477 e. The SMILES string of the molecule is CC1CC1CNS(=O)(=O)c1csc(C(=O)O)c1. The summed E-state index contributed by atoms with van der Waals surface area (Å²) >= 11 is 0.916. The van der Waals surface area contributed by atoms with Gasteiger partial charge in [0, 0.05) is 11.9 Å². The van der Waals surface area contributed by atoms with Gasteiger partial charge in [0.2, 0.25) is 10.0 Å². The van der Waals surface area contributed by atoms with Crippen LogP contribution in [0.4, 0.5) is 0 Å². The average molecular weight is 275 g/mol. The fourth-order valence-corrected chi connectivity index (χ4v) is 3.76. The van der Waals surface area contributed by atoms with Gasteiger partial charge in [-0.2, -0.15) is 0 Å². The summed E-state index contributed by atoms with van der Waals surface area (Å²) in [5.74, 6) is -0.107. The van der Waals surface area contributed by atoms with Crippen LogP contribution in [0.25, 0.3) is 0 Å². The molecule has 0 amide bonds. The summed E-state index contributed by atoms with van der Waals surface area (Å²) in [4.78, 5) is 10.7. The van der Waals surface area contributed by atoms with E-state index in [4.69, 9.17) is 5.11 Å². The lowest BCUT2D eigenvalue weighted by Gasteiger charge is -2.03. The van der Waals surface area contributed by atoms with Gasteiger partial charge in [0.25, 0.3) is 0 Å². The molecule has 1 aromatic rings. The normalized spacial score (nSPS) is 23.6. The first-order valence-electron chi connectivity index (χ1n) is 5.21. The number of aromatic carboxylic acids is 1. The molecule has 5 nitrogen and oxygen atoms in total. The molecule has 1 aromatic heterocycles. The Morgan fingerprint density at radius 3 is 2.76 bits per heavy atom. The molecule has 1 aliphatic rings. The number of hydrogen-bond donors (Lipinski definition) is 2. The van der Waals surface area contributed by atoms with E-state index in [0.717, 1.165) is 17.8 Å². The van der Waals surface area contributed by atoms with E-state index in [1.165, 1.54) is 11.4 Å². The van der Waals surface area contributed by atoms with Gasteiger partial charge in [-0.05, 0) is 24.3 Å². The Balaban J connectivity index is 2.05. The first kappa shape index (κ1) is 12.5. The number of nitrogens with one attached hydrogen (secondary N) is 1. The lowest BCUT2D eigenvalue weighted by atomic mass is 10.3. The molecule has 0 radical (unpaired) electrons. The molecular formula is C10H13NO4S2. The fourth-order valence-electron chi connectivity index (χ4n) is 1.56. The molecule has 2 N–H and O–H groups in total. The van der Waals surface area contributed by atoms with E-state index in [1.807, 2.05) is 0 Å². The van der Waals surface area contributed by atoms with Gasteiger partial charge in [-0.15, -0.1) is 11.3 Å². The van der Waals surface area contributed by atoms with Crippen LogP contribution >= 0.6 is 11.3 Å².